The number of thiazole rings is 1. The van der Waals surface area contributed by atoms with Gasteiger partial charge in [0.15, 0.2) is 10.9 Å². The predicted molar refractivity (Wildman–Crippen MR) is 95.7 cm³/mol. The third-order valence-electron chi connectivity index (χ3n) is 3.91. The summed E-state index contributed by atoms with van der Waals surface area (Å²) in [6.45, 7) is 4.04. The molecule has 3 aromatic heterocycles. The van der Waals surface area contributed by atoms with E-state index in [4.69, 9.17) is 4.42 Å². The van der Waals surface area contributed by atoms with Gasteiger partial charge in [0.25, 0.3) is 0 Å². The first kappa shape index (κ1) is 16.4. The van der Waals surface area contributed by atoms with Crippen LogP contribution in [0, 0.1) is 5.92 Å². The summed E-state index contributed by atoms with van der Waals surface area (Å²) in [4.78, 5) is 21.9. The smallest absolute Gasteiger partial charge is 0.229 e. The summed E-state index contributed by atoms with van der Waals surface area (Å²) in [5, 5.41) is 3.54. The fraction of sp³-hybridized carbons (Fsp3) is 0.278. The van der Waals surface area contributed by atoms with Gasteiger partial charge >= 0.3 is 0 Å². The summed E-state index contributed by atoms with van der Waals surface area (Å²) in [7, 11) is 0. The Hall–Kier alpha value is -2.47. The lowest BCUT2D eigenvalue weighted by molar-refractivity contribution is -0.120. The number of hydrogen-bond acceptors (Lipinski definition) is 5. The standard InChI is InChI=1S/C18H19N3O2S/c1-3-12(4-2)17(22)21-18-20-15(14-6-5-11-23-14)16(24-18)13-7-9-19-10-8-13/h5-12H,3-4H2,1-2H3,(H,20,21,22). The van der Waals surface area contributed by atoms with Crippen molar-refractivity contribution in [3.05, 3.63) is 42.9 Å². The van der Waals surface area contributed by atoms with Crippen molar-refractivity contribution in [2.45, 2.75) is 26.7 Å². The number of carbonyl (C=O) groups excluding carboxylic acids is 1. The number of nitrogens with zero attached hydrogens (tertiary/aromatic N) is 2. The molecular formula is C18H19N3O2S. The number of amides is 1. The summed E-state index contributed by atoms with van der Waals surface area (Å²) in [5.74, 6) is 0.701. The van der Waals surface area contributed by atoms with E-state index in [1.807, 2.05) is 38.1 Å². The molecule has 0 aliphatic carbocycles. The summed E-state index contributed by atoms with van der Waals surface area (Å²) < 4.78 is 5.51. The van der Waals surface area contributed by atoms with Crippen LogP contribution in [0.1, 0.15) is 26.7 Å². The molecule has 0 aromatic carbocycles. The monoisotopic (exact) mass is 341 g/mol. The predicted octanol–water partition coefficient (Wildman–Crippen LogP) is 4.84. The van der Waals surface area contributed by atoms with E-state index in [1.54, 1.807) is 18.7 Å². The van der Waals surface area contributed by atoms with Crippen LogP contribution in [0.15, 0.2) is 47.3 Å². The molecule has 24 heavy (non-hydrogen) atoms. The number of nitrogens with one attached hydrogen (secondary N) is 1. The second-order valence-corrected chi connectivity index (χ2v) is 6.41. The summed E-state index contributed by atoms with van der Waals surface area (Å²) in [5.41, 5.74) is 1.73. The Bertz CT molecular complexity index is 793. The number of anilines is 1. The average Bonchev–Trinajstić information content (AvgIpc) is 3.26. The zero-order valence-electron chi connectivity index (χ0n) is 13.7. The lowest BCUT2D eigenvalue weighted by Gasteiger charge is -2.10. The molecule has 0 aliphatic rings. The Morgan fingerprint density at radius 3 is 2.62 bits per heavy atom. The molecule has 0 fully saturated rings. The first-order valence-electron chi connectivity index (χ1n) is 7.98. The van der Waals surface area contributed by atoms with E-state index in [-0.39, 0.29) is 11.8 Å². The van der Waals surface area contributed by atoms with E-state index in [1.165, 1.54) is 11.3 Å². The molecule has 1 N–H and O–H groups in total. The SMILES string of the molecule is CCC(CC)C(=O)Nc1nc(-c2ccco2)c(-c2ccncc2)s1. The van der Waals surface area contributed by atoms with Crippen molar-refractivity contribution in [1.29, 1.82) is 0 Å². The van der Waals surface area contributed by atoms with Crippen LogP contribution in [0.5, 0.6) is 0 Å². The fourth-order valence-corrected chi connectivity index (χ4v) is 3.50. The molecule has 0 aliphatic heterocycles. The Morgan fingerprint density at radius 1 is 1.25 bits per heavy atom. The molecule has 124 valence electrons. The van der Waals surface area contributed by atoms with Gasteiger partial charge in [-0.15, -0.1) is 0 Å². The molecule has 0 bridgehead atoms. The van der Waals surface area contributed by atoms with Crippen LogP contribution in [-0.4, -0.2) is 15.9 Å². The lowest BCUT2D eigenvalue weighted by Crippen LogP contribution is -2.21. The van der Waals surface area contributed by atoms with Gasteiger partial charge < -0.3 is 9.73 Å². The van der Waals surface area contributed by atoms with E-state index < -0.39 is 0 Å². The van der Waals surface area contributed by atoms with Crippen molar-refractivity contribution in [1.82, 2.24) is 9.97 Å². The Balaban J connectivity index is 1.97. The molecule has 0 saturated carbocycles. The average molecular weight is 341 g/mol. The number of pyridine rings is 1. The van der Waals surface area contributed by atoms with Crippen molar-refractivity contribution in [2.24, 2.45) is 5.92 Å². The molecule has 0 unspecified atom stereocenters. The second-order valence-electron chi connectivity index (χ2n) is 5.41. The molecule has 3 aromatic rings. The van der Waals surface area contributed by atoms with Gasteiger partial charge in [-0.25, -0.2) is 4.98 Å². The van der Waals surface area contributed by atoms with Crippen molar-refractivity contribution in [3.63, 3.8) is 0 Å². The maximum atomic E-state index is 12.3. The van der Waals surface area contributed by atoms with Crippen LogP contribution in [-0.2, 0) is 4.79 Å². The van der Waals surface area contributed by atoms with Gasteiger partial charge in [-0.05, 0) is 42.7 Å². The minimum absolute atomic E-state index is 0.00494. The van der Waals surface area contributed by atoms with Crippen molar-refractivity contribution in [2.75, 3.05) is 5.32 Å². The number of aromatic nitrogens is 2. The van der Waals surface area contributed by atoms with Gasteiger partial charge in [-0.3, -0.25) is 9.78 Å². The van der Waals surface area contributed by atoms with Crippen LogP contribution in [0.2, 0.25) is 0 Å². The molecule has 5 nitrogen and oxygen atoms in total. The highest BCUT2D eigenvalue weighted by Crippen LogP contribution is 2.39. The van der Waals surface area contributed by atoms with Gasteiger partial charge in [0.1, 0.15) is 5.69 Å². The number of hydrogen-bond donors (Lipinski definition) is 1. The highest BCUT2D eigenvalue weighted by Gasteiger charge is 2.20. The number of carbonyl (C=O) groups is 1. The maximum Gasteiger partial charge on any atom is 0.229 e. The van der Waals surface area contributed by atoms with E-state index in [0.717, 1.165) is 29.0 Å². The normalized spacial score (nSPS) is 11.0. The van der Waals surface area contributed by atoms with Gasteiger partial charge in [-0.1, -0.05) is 25.2 Å². The van der Waals surface area contributed by atoms with Gasteiger partial charge in [0.2, 0.25) is 5.91 Å². The van der Waals surface area contributed by atoms with Crippen LogP contribution in [0.3, 0.4) is 0 Å². The van der Waals surface area contributed by atoms with Gasteiger partial charge in [-0.2, -0.15) is 0 Å². The van der Waals surface area contributed by atoms with Gasteiger partial charge in [0, 0.05) is 18.3 Å². The molecular weight excluding hydrogens is 322 g/mol. The van der Waals surface area contributed by atoms with Crippen LogP contribution < -0.4 is 5.32 Å². The Labute approximate surface area is 144 Å². The number of furan rings is 1. The van der Waals surface area contributed by atoms with E-state index >= 15 is 0 Å². The van der Waals surface area contributed by atoms with Crippen LogP contribution in [0.25, 0.3) is 21.9 Å². The molecule has 0 saturated heterocycles. The maximum absolute atomic E-state index is 12.3. The van der Waals surface area contributed by atoms with Crippen LogP contribution in [0.4, 0.5) is 5.13 Å². The minimum Gasteiger partial charge on any atom is -0.463 e. The van der Waals surface area contributed by atoms with Gasteiger partial charge in [0.05, 0.1) is 11.1 Å². The minimum atomic E-state index is 0.00494. The van der Waals surface area contributed by atoms with E-state index in [9.17, 15) is 4.79 Å². The van der Waals surface area contributed by atoms with Crippen LogP contribution >= 0.6 is 11.3 Å². The zero-order valence-corrected chi connectivity index (χ0v) is 14.5. The topological polar surface area (TPSA) is 68.0 Å². The third-order valence-corrected chi connectivity index (χ3v) is 4.93. The fourth-order valence-electron chi connectivity index (χ4n) is 2.52. The molecule has 3 heterocycles. The molecule has 1 amide bonds. The van der Waals surface area contributed by atoms with E-state index in [0.29, 0.717) is 10.9 Å². The third kappa shape index (κ3) is 3.38. The van der Waals surface area contributed by atoms with Crippen molar-refractivity contribution in [3.8, 4) is 21.9 Å². The molecule has 0 atom stereocenters. The lowest BCUT2D eigenvalue weighted by atomic mass is 10.0. The highest BCUT2D eigenvalue weighted by atomic mass is 32.1. The first-order valence-corrected chi connectivity index (χ1v) is 8.80. The number of rotatable bonds is 6. The molecule has 3 rings (SSSR count). The largest absolute Gasteiger partial charge is 0.463 e. The van der Waals surface area contributed by atoms with Crippen molar-refractivity contribution < 1.29 is 9.21 Å². The quantitative estimate of drug-likeness (QED) is 0.696. The highest BCUT2D eigenvalue weighted by molar-refractivity contribution is 7.19. The zero-order chi connectivity index (χ0) is 16.9. The summed E-state index contributed by atoms with van der Waals surface area (Å²) >= 11 is 1.45. The summed E-state index contributed by atoms with van der Waals surface area (Å²) in [6.07, 6.45) is 6.73. The first-order chi connectivity index (χ1) is 11.7. The molecule has 0 radical (unpaired) electrons. The van der Waals surface area contributed by atoms with E-state index in [2.05, 4.69) is 15.3 Å². The second kappa shape index (κ2) is 7.40. The molecule has 0 spiro atoms. The Kier molecular flexibility index (Phi) is 5.05. The Morgan fingerprint density at radius 2 is 2.00 bits per heavy atom. The summed E-state index contributed by atoms with van der Waals surface area (Å²) in [6, 6.07) is 7.54. The molecule has 6 heteroatoms. The van der Waals surface area contributed by atoms with Crippen molar-refractivity contribution >= 4 is 22.4 Å².